The third kappa shape index (κ3) is 1.70. The summed E-state index contributed by atoms with van der Waals surface area (Å²) in [6.07, 6.45) is 1.10. The summed E-state index contributed by atoms with van der Waals surface area (Å²) in [6, 6.07) is 0. The standard InChI is InChI=1S/C7H12O3/c1-5-2-3-10-6(4-5)7(8)9/h5-6H,2-4H2,1H3,(H,8,9)/t5-,6-/m0/s1. The summed E-state index contributed by atoms with van der Waals surface area (Å²) in [5.74, 6) is -0.332. The van der Waals surface area contributed by atoms with Crippen molar-refractivity contribution in [1.82, 2.24) is 0 Å². The zero-order valence-corrected chi connectivity index (χ0v) is 6.04. The fourth-order valence-corrected chi connectivity index (χ4v) is 1.13. The van der Waals surface area contributed by atoms with Gasteiger partial charge in [0.2, 0.25) is 0 Å². The average Bonchev–Trinajstić information content (AvgIpc) is 1.88. The van der Waals surface area contributed by atoms with Gasteiger partial charge in [-0.05, 0) is 18.8 Å². The molecule has 0 unspecified atom stereocenters. The Morgan fingerprint density at radius 2 is 2.40 bits per heavy atom. The normalized spacial score (nSPS) is 33.7. The van der Waals surface area contributed by atoms with Gasteiger partial charge in [0, 0.05) is 6.61 Å². The van der Waals surface area contributed by atoms with Crippen LogP contribution < -0.4 is 0 Å². The first-order valence-corrected chi connectivity index (χ1v) is 3.54. The number of carboxylic acid groups (broad SMARTS) is 1. The molecular formula is C7H12O3. The molecule has 0 amide bonds. The van der Waals surface area contributed by atoms with Gasteiger partial charge < -0.3 is 9.84 Å². The predicted molar refractivity (Wildman–Crippen MR) is 35.8 cm³/mol. The van der Waals surface area contributed by atoms with Gasteiger partial charge in [0.15, 0.2) is 6.10 Å². The van der Waals surface area contributed by atoms with Gasteiger partial charge in [-0.15, -0.1) is 0 Å². The molecule has 1 fully saturated rings. The number of hydrogen-bond donors (Lipinski definition) is 1. The summed E-state index contributed by atoms with van der Waals surface area (Å²) >= 11 is 0. The maximum atomic E-state index is 10.4. The van der Waals surface area contributed by atoms with E-state index in [2.05, 4.69) is 6.92 Å². The molecule has 0 radical (unpaired) electrons. The highest BCUT2D eigenvalue weighted by Crippen LogP contribution is 2.18. The van der Waals surface area contributed by atoms with Crippen LogP contribution in [0.3, 0.4) is 0 Å². The van der Waals surface area contributed by atoms with Crippen molar-refractivity contribution in [2.45, 2.75) is 25.9 Å². The van der Waals surface area contributed by atoms with E-state index >= 15 is 0 Å². The Kier molecular flexibility index (Phi) is 2.27. The molecule has 0 aromatic carbocycles. The van der Waals surface area contributed by atoms with Crippen LogP contribution in [0.4, 0.5) is 0 Å². The van der Waals surface area contributed by atoms with Crippen LogP contribution in [0, 0.1) is 5.92 Å². The number of carbonyl (C=O) groups is 1. The highest BCUT2D eigenvalue weighted by molar-refractivity contribution is 5.72. The second kappa shape index (κ2) is 3.01. The summed E-state index contributed by atoms with van der Waals surface area (Å²) in [7, 11) is 0. The Hall–Kier alpha value is -0.570. The Labute approximate surface area is 60.0 Å². The van der Waals surface area contributed by atoms with Crippen LogP contribution in [0.5, 0.6) is 0 Å². The summed E-state index contributed by atoms with van der Waals surface area (Å²) in [5.41, 5.74) is 0. The Balaban J connectivity index is 2.39. The number of carboxylic acids is 1. The summed E-state index contributed by atoms with van der Waals surface area (Å²) < 4.78 is 5.01. The van der Waals surface area contributed by atoms with Gasteiger partial charge in [-0.25, -0.2) is 4.79 Å². The van der Waals surface area contributed by atoms with Crippen molar-refractivity contribution in [3.05, 3.63) is 0 Å². The molecule has 0 aliphatic carbocycles. The van der Waals surface area contributed by atoms with E-state index < -0.39 is 12.1 Å². The first kappa shape index (κ1) is 7.54. The Bertz CT molecular complexity index is 133. The molecular weight excluding hydrogens is 132 g/mol. The van der Waals surface area contributed by atoms with Gasteiger partial charge in [-0.1, -0.05) is 6.92 Å². The number of aliphatic carboxylic acids is 1. The van der Waals surface area contributed by atoms with Crippen molar-refractivity contribution < 1.29 is 14.6 Å². The molecule has 1 rings (SSSR count). The van der Waals surface area contributed by atoms with Crippen LogP contribution in [0.1, 0.15) is 19.8 Å². The van der Waals surface area contributed by atoms with Gasteiger partial charge in [0.1, 0.15) is 0 Å². The molecule has 3 nitrogen and oxygen atoms in total. The predicted octanol–water partition coefficient (Wildman–Crippen LogP) is 0.886. The van der Waals surface area contributed by atoms with Crippen LogP contribution >= 0.6 is 0 Å². The van der Waals surface area contributed by atoms with Crippen LogP contribution in [0.15, 0.2) is 0 Å². The highest BCUT2D eigenvalue weighted by Gasteiger charge is 2.24. The molecule has 0 bridgehead atoms. The fourth-order valence-electron chi connectivity index (χ4n) is 1.13. The van der Waals surface area contributed by atoms with Gasteiger partial charge in [0.05, 0.1) is 0 Å². The van der Waals surface area contributed by atoms with Gasteiger partial charge in [0.25, 0.3) is 0 Å². The maximum absolute atomic E-state index is 10.4. The van der Waals surface area contributed by atoms with Crippen LogP contribution in [-0.2, 0) is 9.53 Å². The molecule has 58 valence electrons. The third-order valence-electron chi connectivity index (χ3n) is 1.82. The summed E-state index contributed by atoms with van der Waals surface area (Å²) in [6.45, 7) is 2.65. The van der Waals surface area contributed by atoms with Crippen molar-refractivity contribution >= 4 is 5.97 Å². The second-order valence-electron chi connectivity index (χ2n) is 2.83. The van der Waals surface area contributed by atoms with E-state index in [9.17, 15) is 4.79 Å². The number of ether oxygens (including phenoxy) is 1. The van der Waals surface area contributed by atoms with E-state index in [1.807, 2.05) is 0 Å². The molecule has 0 aromatic heterocycles. The summed E-state index contributed by atoms with van der Waals surface area (Å²) in [4.78, 5) is 10.4. The first-order chi connectivity index (χ1) is 4.70. The van der Waals surface area contributed by atoms with Crippen molar-refractivity contribution in [3.8, 4) is 0 Å². The molecule has 1 aliphatic rings. The van der Waals surface area contributed by atoms with Gasteiger partial charge in [-0.3, -0.25) is 0 Å². The molecule has 3 heteroatoms. The molecule has 1 saturated heterocycles. The van der Waals surface area contributed by atoms with Crippen LogP contribution in [-0.4, -0.2) is 23.8 Å². The van der Waals surface area contributed by atoms with Crippen molar-refractivity contribution in [1.29, 1.82) is 0 Å². The first-order valence-electron chi connectivity index (χ1n) is 3.54. The Morgan fingerprint density at radius 3 is 2.80 bits per heavy atom. The minimum absolute atomic E-state index is 0.495. The smallest absolute Gasteiger partial charge is 0.332 e. The zero-order valence-electron chi connectivity index (χ0n) is 6.04. The molecule has 0 spiro atoms. The van der Waals surface area contributed by atoms with Crippen molar-refractivity contribution in [2.24, 2.45) is 5.92 Å². The molecule has 0 aromatic rings. The molecule has 1 heterocycles. The van der Waals surface area contributed by atoms with Gasteiger partial charge in [-0.2, -0.15) is 0 Å². The quantitative estimate of drug-likeness (QED) is 0.594. The lowest BCUT2D eigenvalue weighted by molar-refractivity contribution is -0.154. The van der Waals surface area contributed by atoms with E-state index in [-0.39, 0.29) is 0 Å². The van der Waals surface area contributed by atoms with Crippen molar-refractivity contribution in [2.75, 3.05) is 6.61 Å². The SMILES string of the molecule is C[C@H]1CCO[C@H](C(=O)O)C1. The maximum Gasteiger partial charge on any atom is 0.332 e. The minimum atomic E-state index is -0.827. The lowest BCUT2D eigenvalue weighted by Gasteiger charge is -2.23. The largest absolute Gasteiger partial charge is 0.479 e. The van der Waals surface area contributed by atoms with E-state index in [1.54, 1.807) is 0 Å². The molecule has 1 aliphatic heterocycles. The Morgan fingerprint density at radius 1 is 1.70 bits per heavy atom. The number of hydrogen-bond acceptors (Lipinski definition) is 2. The molecule has 0 saturated carbocycles. The summed E-state index contributed by atoms with van der Waals surface area (Å²) in [5, 5.41) is 8.53. The van der Waals surface area contributed by atoms with Gasteiger partial charge >= 0.3 is 5.97 Å². The molecule has 1 N–H and O–H groups in total. The highest BCUT2D eigenvalue weighted by atomic mass is 16.5. The van der Waals surface area contributed by atoms with E-state index in [0.29, 0.717) is 18.9 Å². The zero-order chi connectivity index (χ0) is 7.56. The average molecular weight is 144 g/mol. The second-order valence-corrected chi connectivity index (χ2v) is 2.83. The topological polar surface area (TPSA) is 46.5 Å². The van der Waals surface area contributed by atoms with Crippen LogP contribution in [0.25, 0.3) is 0 Å². The minimum Gasteiger partial charge on any atom is -0.479 e. The molecule has 2 atom stereocenters. The van der Waals surface area contributed by atoms with E-state index in [4.69, 9.17) is 9.84 Å². The van der Waals surface area contributed by atoms with E-state index in [0.717, 1.165) is 6.42 Å². The lowest BCUT2D eigenvalue weighted by atomic mass is 9.98. The van der Waals surface area contributed by atoms with E-state index in [1.165, 1.54) is 0 Å². The molecule has 10 heavy (non-hydrogen) atoms. The lowest BCUT2D eigenvalue weighted by Crippen LogP contribution is -2.31. The van der Waals surface area contributed by atoms with Crippen molar-refractivity contribution in [3.63, 3.8) is 0 Å². The van der Waals surface area contributed by atoms with Crippen LogP contribution in [0.2, 0.25) is 0 Å². The third-order valence-corrected chi connectivity index (χ3v) is 1.82. The number of rotatable bonds is 1. The monoisotopic (exact) mass is 144 g/mol. The fraction of sp³-hybridized carbons (Fsp3) is 0.857.